The van der Waals surface area contributed by atoms with Crippen molar-refractivity contribution in [2.24, 2.45) is 0 Å². The molecule has 0 N–H and O–H groups in total. The van der Waals surface area contributed by atoms with E-state index in [1.54, 1.807) is 0 Å². The lowest BCUT2D eigenvalue weighted by molar-refractivity contribution is -0.160. The van der Waals surface area contributed by atoms with Crippen molar-refractivity contribution in [2.45, 2.75) is 58.0 Å². The summed E-state index contributed by atoms with van der Waals surface area (Å²) in [6.45, 7) is 4.10. The fourth-order valence-corrected chi connectivity index (χ4v) is 2.68. The van der Waals surface area contributed by atoms with Crippen molar-refractivity contribution in [3.63, 3.8) is 0 Å². The lowest BCUT2D eigenvalue weighted by Gasteiger charge is -2.33. The van der Waals surface area contributed by atoms with Crippen LogP contribution in [0.25, 0.3) is 0 Å². The van der Waals surface area contributed by atoms with Crippen molar-refractivity contribution >= 4 is 5.97 Å². The van der Waals surface area contributed by atoms with Gasteiger partial charge < -0.3 is 4.74 Å². The Labute approximate surface area is 109 Å². The number of hydrogen-bond acceptors (Lipinski definition) is 2. The first-order valence-electron chi connectivity index (χ1n) is 6.85. The minimum atomic E-state index is -0.224. The van der Waals surface area contributed by atoms with Crippen LogP contribution in [0.4, 0.5) is 0 Å². The molecule has 1 aliphatic rings. The van der Waals surface area contributed by atoms with Gasteiger partial charge in [0.25, 0.3) is 0 Å². The summed E-state index contributed by atoms with van der Waals surface area (Å²) in [6, 6.07) is 8.00. The van der Waals surface area contributed by atoms with Crippen molar-refractivity contribution in [2.75, 3.05) is 0 Å². The quantitative estimate of drug-likeness (QED) is 0.758. The van der Waals surface area contributed by atoms with Crippen LogP contribution in [0.2, 0.25) is 0 Å². The number of benzene rings is 1. The van der Waals surface area contributed by atoms with Gasteiger partial charge in [-0.2, -0.15) is 0 Å². The van der Waals surface area contributed by atoms with E-state index in [0.29, 0.717) is 6.42 Å². The Hall–Kier alpha value is -1.31. The monoisotopic (exact) mass is 246 g/mol. The first kappa shape index (κ1) is 13.1. The van der Waals surface area contributed by atoms with Gasteiger partial charge >= 0.3 is 5.97 Å². The fraction of sp³-hybridized carbons (Fsp3) is 0.562. The summed E-state index contributed by atoms with van der Waals surface area (Å²) >= 11 is 0. The summed E-state index contributed by atoms with van der Waals surface area (Å²) in [5.41, 5.74) is 2.00. The number of hydrogen-bond donors (Lipinski definition) is 0. The van der Waals surface area contributed by atoms with Gasteiger partial charge in [0, 0.05) is 0 Å². The van der Waals surface area contributed by atoms with E-state index in [2.05, 4.69) is 6.92 Å². The molecule has 0 unspecified atom stereocenters. The van der Waals surface area contributed by atoms with Crippen LogP contribution in [-0.2, 0) is 16.0 Å². The number of esters is 1. The lowest BCUT2D eigenvalue weighted by atomic mass is 9.86. The molecule has 2 heteroatoms. The van der Waals surface area contributed by atoms with E-state index in [4.69, 9.17) is 4.74 Å². The predicted octanol–water partition coefficient (Wildman–Crippen LogP) is 3.80. The molecular formula is C16H22O2. The maximum atomic E-state index is 12.0. The minimum Gasteiger partial charge on any atom is -0.459 e. The third-order valence-electron chi connectivity index (χ3n) is 3.87. The Bertz CT molecular complexity index is 417. The first-order chi connectivity index (χ1) is 8.59. The molecule has 0 radical (unpaired) electrons. The molecule has 0 bridgehead atoms. The molecular weight excluding hydrogens is 224 g/mol. The number of ether oxygens (including phenoxy) is 1. The van der Waals surface area contributed by atoms with E-state index in [1.807, 2.05) is 31.2 Å². The van der Waals surface area contributed by atoms with Crippen molar-refractivity contribution in [3.8, 4) is 0 Å². The molecule has 2 nitrogen and oxygen atoms in total. The van der Waals surface area contributed by atoms with Crippen molar-refractivity contribution in [3.05, 3.63) is 35.4 Å². The van der Waals surface area contributed by atoms with Crippen molar-refractivity contribution < 1.29 is 9.53 Å². The molecule has 1 fully saturated rings. The number of carbonyl (C=O) groups is 1. The van der Waals surface area contributed by atoms with Crippen molar-refractivity contribution in [1.82, 2.24) is 0 Å². The van der Waals surface area contributed by atoms with Crippen LogP contribution in [0, 0.1) is 6.92 Å². The molecule has 0 spiro atoms. The summed E-state index contributed by atoms with van der Waals surface area (Å²) in [4.78, 5) is 12.0. The van der Waals surface area contributed by atoms with E-state index in [0.717, 1.165) is 24.0 Å². The standard InChI is InChI=1S/C16H22O2/c1-13-8-4-5-9-14(13)12-15(17)18-16(2)10-6-3-7-11-16/h4-5,8-9H,3,6-7,10-12H2,1-2H3. The van der Waals surface area contributed by atoms with Crippen LogP contribution in [-0.4, -0.2) is 11.6 Å². The number of carbonyl (C=O) groups excluding carboxylic acids is 1. The predicted molar refractivity (Wildman–Crippen MR) is 72.5 cm³/mol. The van der Waals surface area contributed by atoms with Crippen molar-refractivity contribution in [1.29, 1.82) is 0 Å². The molecule has 98 valence electrons. The maximum absolute atomic E-state index is 12.0. The van der Waals surface area contributed by atoms with Gasteiger partial charge in [0.15, 0.2) is 0 Å². The third-order valence-corrected chi connectivity index (χ3v) is 3.87. The molecule has 0 aromatic heterocycles. The molecule has 0 saturated heterocycles. The second kappa shape index (κ2) is 5.55. The summed E-state index contributed by atoms with van der Waals surface area (Å²) in [7, 11) is 0. The summed E-state index contributed by atoms with van der Waals surface area (Å²) in [6.07, 6.45) is 6.02. The molecule has 0 aliphatic heterocycles. The SMILES string of the molecule is Cc1ccccc1CC(=O)OC1(C)CCCCC1. The van der Waals surface area contributed by atoms with E-state index < -0.39 is 0 Å². The molecule has 2 rings (SSSR count). The Morgan fingerprint density at radius 2 is 1.89 bits per heavy atom. The van der Waals surface area contributed by atoms with Gasteiger partial charge in [-0.1, -0.05) is 30.7 Å². The van der Waals surface area contributed by atoms with Gasteiger partial charge in [-0.05, 0) is 50.7 Å². The fourth-order valence-electron chi connectivity index (χ4n) is 2.68. The Morgan fingerprint density at radius 1 is 1.22 bits per heavy atom. The molecule has 0 amide bonds. The second-order valence-electron chi connectivity index (χ2n) is 5.59. The van der Waals surface area contributed by atoms with Gasteiger partial charge in [0.05, 0.1) is 6.42 Å². The summed E-state index contributed by atoms with van der Waals surface area (Å²) in [5, 5.41) is 0. The van der Waals surface area contributed by atoms with Crippen LogP contribution in [0.1, 0.15) is 50.2 Å². The van der Waals surface area contributed by atoms with E-state index >= 15 is 0 Å². The Morgan fingerprint density at radius 3 is 2.56 bits per heavy atom. The van der Waals surface area contributed by atoms with E-state index in [1.165, 1.54) is 19.3 Å². The molecule has 1 aromatic carbocycles. The van der Waals surface area contributed by atoms with Crippen LogP contribution in [0.3, 0.4) is 0 Å². The summed E-state index contributed by atoms with van der Waals surface area (Å²) in [5.74, 6) is -0.0892. The Balaban J connectivity index is 1.94. The highest BCUT2D eigenvalue weighted by Gasteiger charge is 2.30. The molecule has 1 saturated carbocycles. The zero-order valence-electron chi connectivity index (χ0n) is 11.4. The number of aryl methyl sites for hydroxylation is 1. The number of rotatable bonds is 3. The van der Waals surface area contributed by atoms with Gasteiger partial charge in [-0.25, -0.2) is 0 Å². The van der Waals surface area contributed by atoms with Gasteiger partial charge in [-0.3, -0.25) is 4.79 Å². The van der Waals surface area contributed by atoms with Crippen LogP contribution < -0.4 is 0 Å². The van der Waals surface area contributed by atoms with Crippen LogP contribution in [0.15, 0.2) is 24.3 Å². The maximum Gasteiger partial charge on any atom is 0.310 e. The van der Waals surface area contributed by atoms with Gasteiger partial charge in [0.2, 0.25) is 0 Å². The van der Waals surface area contributed by atoms with Gasteiger partial charge in [0.1, 0.15) is 5.60 Å². The smallest absolute Gasteiger partial charge is 0.310 e. The highest BCUT2D eigenvalue weighted by molar-refractivity contribution is 5.73. The molecule has 0 atom stereocenters. The second-order valence-corrected chi connectivity index (χ2v) is 5.59. The average molecular weight is 246 g/mol. The largest absolute Gasteiger partial charge is 0.459 e. The van der Waals surface area contributed by atoms with Crippen LogP contribution in [0.5, 0.6) is 0 Å². The zero-order chi connectivity index (χ0) is 13.0. The molecule has 18 heavy (non-hydrogen) atoms. The molecule has 0 heterocycles. The highest BCUT2D eigenvalue weighted by atomic mass is 16.6. The average Bonchev–Trinajstić information content (AvgIpc) is 2.32. The first-order valence-corrected chi connectivity index (χ1v) is 6.85. The zero-order valence-corrected chi connectivity index (χ0v) is 11.4. The summed E-state index contributed by atoms with van der Waals surface area (Å²) < 4.78 is 5.70. The minimum absolute atomic E-state index is 0.0892. The van der Waals surface area contributed by atoms with E-state index in [-0.39, 0.29) is 11.6 Å². The highest BCUT2D eigenvalue weighted by Crippen LogP contribution is 2.31. The topological polar surface area (TPSA) is 26.3 Å². The molecule has 1 aromatic rings. The Kier molecular flexibility index (Phi) is 4.05. The molecule has 1 aliphatic carbocycles. The normalized spacial score (nSPS) is 18.3. The third kappa shape index (κ3) is 3.34. The van der Waals surface area contributed by atoms with Gasteiger partial charge in [-0.15, -0.1) is 0 Å². The van der Waals surface area contributed by atoms with Crippen LogP contribution >= 0.6 is 0 Å². The lowest BCUT2D eigenvalue weighted by Crippen LogP contribution is -2.34. The van der Waals surface area contributed by atoms with E-state index in [9.17, 15) is 4.79 Å².